The van der Waals surface area contributed by atoms with E-state index in [0.29, 0.717) is 13.2 Å². The molecule has 0 spiro atoms. The maximum Gasteiger partial charge on any atom is 0.161 e. The number of rotatable bonds is 12. The topological polar surface area (TPSA) is 54.0 Å². The van der Waals surface area contributed by atoms with Crippen LogP contribution in [0.1, 0.15) is 63.4 Å². The number of β-amino-alcohol motifs (C(OH)–C–C–N with tert-alkyl or cyclic N) is 1. The molecule has 1 aromatic carbocycles. The maximum absolute atomic E-state index is 10.4. The Hall–Kier alpha value is -1.30. The van der Waals surface area contributed by atoms with Crippen LogP contribution in [0.15, 0.2) is 18.2 Å². The van der Waals surface area contributed by atoms with Crippen molar-refractivity contribution >= 4 is 0 Å². The van der Waals surface area contributed by atoms with Gasteiger partial charge in [-0.25, -0.2) is 0 Å². The Labute approximate surface area is 176 Å². The summed E-state index contributed by atoms with van der Waals surface area (Å²) in [6, 6.07) is 6.08. The second kappa shape index (κ2) is 12.4. The van der Waals surface area contributed by atoms with E-state index in [4.69, 9.17) is 9.47 Å². The molecule has 5 nitrogen and oxygen atoms in total. The van der Waals surface area contributed by atoms with Gasteiger partial charge in [0.1, 0.15) is 12.7 Å². The predicted octanol–water partition coefficient (Wildman–Crippen LogP) is 3.98. The lowest BCUT2D eigenvalue weighted by molar-refractivity contribution is 0.0608. The third kappa shape index (κ3) is 7.80. The van der Waals surface area contributed by atoms with Crippen molar-refractivity contribution in [2.24, 2.45) is 5.92 Å². The van der Waals surface area contributed by atoms with Crippen molar-refractivity contribution in [2.75, 3.05) is 39.9 Å². The fourth-order valence-corrected chi connectivity index (χ4v) is 4.67. The number of nitrogens with zero attached hydrogens (tertiary/aromatic N) is 1. The fourth-order valence-electron chi connectivity index (χ4n) is 4.67. The quantitative estimate of drug-likeness (QED) is 0.516. The van der Waals surface area contributed by atoms with E-state index < -0.39 is 6.10 Å². The fraction of sp³-hybridized carbons (Fsp3) is 0.750. The van der Waals surface area contributed by atoms with Gasteiger partial charge in [0, 0.05) is 13.1 Å². The molecule has 29 heavy (non-hydrogen) atoms. The number of nitrogens with one attached hydrogen (secondary N) is 1. The summed E-state index contributed by atoms with van der Waals surface area (Å²) in [5.41, 5.74) is 1.19. The van der Waals surface area contributed by atoms with Crippen molar-refractivity contribution in [3.05, 3.63) is 23.8 Å². The lowest BCUT2D eigenvalue weighted by Crippen LogP contribution is -2.38. The average Bonchev–Trinajstić information content (AvgIpc) is 3.26. The van der Waals surface area contributed by atoms with E-state index in [-0.39, 0.29) is 0 Å². The normalized spacial score (nSPS) is 19.4. The Morgan fingerprint density at radius 2 is 1.90 bits per heavy atom. The molecule has 1 heterocycles. The first-order chi connectivity index (χ1) is 14.2. The number of piperidine rings is 1. The van der Waals surface area contributed by atoms with Gasteiger partial charge in [0.05, 0.1) is 7.11 Å². The zero-order chi connectivity index (χ0) is 20.3. The van der Waals surface area contributed by atoms with E-state index in [1.165, 1.54) is 63.4 Å². The highest BCUT2D eigenvalue weighted by Crippen LogP contribution is 2.29. The van der Waals surface area contributed by atoms with Crippen molar-refractivity contribution in [1.82, 2.24) is 10.2 Å². The molecule has 2 N–H and O–H groups in total. The van der Waals surface area contributed by atoms with Gasteiger partial charge in [0.2, 0.25) is 0 Å². The van der Waals surface area contributed by atoms with Crippen LogP contribution in [0.25, 0.3) is 0 Å². The van der Waals surface area contributed by atoms with Crippen LogP contribution in [0.4, 0.5) is 0 Å². The van der Waals surface area contributed by atoms with Gasteiger partial charge in [-0.1, -0.05) is 38.2 Å². The van der Waals surface area contributed by atoms with Crippen LogP contribution in [0.3, 0.4) is 0 Å². The SMILES string of the molecule is COc1ccc(CNCCCC2CCCC2)cc1OCC(O)CN1CCCCC1. The van der Waals surface area contributed by atoms with E-state index >= 15 is 0 Å². The molecule has 2 aliphatic rings. The maximum atomic E-state index is 10.4. The minimum absolute atomic E-state index is 0.297. The second-order valence-electron chi connectivity index (χ2n) is 8.78. The standard InChI is InChI=1S/C24H40N2O3/c1-28-23-12-11-21(17-25-13-7-10-20-8-3-4-9-20)16-24(23)29-19-22(27)18-26-14-5-2-6-15-26/h11-12,16,20,22,25,27H,2-10,13-15,17-19H2,1H3. The smallest absolute Gasteiger partial charge is 0.161 e. The van der Waals surface area contributed by atoms with Crippen LogP contribution in [0, 0.1) is 5.92 Å². The van der Waals surface area contributed by atoms with Crippen molar-refractivity contribution in [3.63, 3.8) is 0 Å². The molecule has 0 bridgehead atoms. The molecule has 3 rings (SSSR count). The van der Waals surface area contributed by atoms with Crippen molar-refractivity contribution in [3.8, 4) is 11.5 Å². The Bertz CT molecular complexity index is 583. The number of aliphatic hydroxyl groups excluding tert-OH is 1. The van der Waals surface area contributed by atoms with Crippen LogP contribution >= 0.6 is 0 Å². The summed E-state index contributed by atoms with van der Waals surface area (Å²) in [6.07, 6.45) is 11.6. The second-order valence-corrected chi connectivity index (χ2v) is 8.78. The number of likely N-dealkylation sites (tertiary alicyclic amines) is 1. The lowest BCUT2D eigenvalue weighted by atomic mass is 10.0. The number of hydrogen-bond donors (Lipinski definition) is 2. The van der Waals surface area contributed by atoms with Gasteiger partial charge in [-0.2, -0.15) is 0 Å². The highest BCUT2D eigenvalue weighted by molar-refractivity contribution is 5.43. The van der Waals surface area contributed by atoms with E-state index in [1.807, 2.05) is 12.1 Å². The summed E-state index contributed by atoms with van der Waals surface area (Å²) in [6.45, 7) is 5.05. The Morgan fingerprint density at radius 1 is 1.10 bits per heavy atom. The molecule has 1 aliphatic heterocycles. The van der Waals surface area contributed by atoms with Gasteiger partial charge < -0.3 is 24.8 Å². The molecular formula is C24H40N2O3. The molecule has 0 aromatic heterocycles. The summed E-state index contributed by atoms with van der Waals surface area (Å²) in [7, 11) is 1.66. The summed E-state index contributed by atoms with van der Waals surface area (Å²) >= 11 is 0. The molecule has 1 unspecified atom stereocenters. The monoisotopic (exact) mass is 404 g/mol. The van der Waals surface area contributed by atoms with Crippen LogP contribution in [-0.2, 0) is 6.54 Å². The zero-order valence-corrected chi connectivity index (χ0v) is 18.2. The Kier molecular flexibility index (Phi) is 9.58. The first-order valence-electron chi connectivity index (χ1n) is 11.7. The number of methoxy groups -OCH3 is 1. The van der Waals surface area contributed by atoms with Gasteiger partial charge >= 0.3 is 0 Å². The molecule has 1 saturated carbocycles. The van der Waals surface area contributed by atoms with Crippen molar-refractivity contribution in [1.29, 1.82) is 0 Å². The minimum atomic E-state index is -0.477. The third-order valence-electron chi connectivity index (χ3n) is 6.35. The molecule has 1 aliphatic carbocycles. The van der Waals surface area contributed by atoms with E-state index in [2.05, 4.69) is 16.3 Å². The van der Waals surface area contributed by atoms with Gasteiger partial charge in [0.15, 0.2) is 11.5 Å². The summed E-state index contributed by atoms with van der Waals surface area (Å²) in [5, 5.41) is 13.9. The Morgan fingerprint density at radius 3 is 2.66 bits per heavy atom. The van der Waals surface area contributed by atoms with Gasteiger partial charge in [-0.05, 0) is 68.9 Å². The number of benzene rings is 1. The van der Waals surface area contributed by atoms with Gasteiger partial charge in [-0.15, -0.1) is 0 Å². The van der Waals surface area contributed by atoms with E-state index in [1.54, 1.807) is 7.11 Å². The zero-order valence-electron chi connectivity index (χ0n) is 18.2. The van der Waals surface area contributed by atoms with Gasteiger partial charge in [0.25, 0.3) is 0 Å². The highest BCUT2D eigenvalue weighted by atomic mass is 16.5. The highest BCUT2D eigenvalue weighted by Gasteiger charge is 2.16. The number of ether oxygens (including phenoxy) is 2. The predicted molar refractivity (Wildman–Crippen MR) is 118 cm³/mol. The van der Waals surface area contributed by atoms with Crippen molar-refractivity contribution in [2.45, 2.75) is 70.4 Å². The molecule has 0 amide bonds. The first kappa shape index (κ1) is 22.4. The number of hydrogen-bond acceptors (Lipinski definition) is 5. The minimum Gasteiger partial charge on any atom is -0.493 e. The summed E-state index contributed by atoms with van der Waals surface area (Å²) in [4.78, 5) is 2.33. The van der Waals surface area contributed by atoms with Crippen LogP contribution in [0.5, 0.6) is 11.5 Å². The first-order valence-corrected chi connectivity index (χ1v) is 11.7. The van der Waals surface area contributed by atoms with E-state index in [0.717, 1.165) is 43.6 Å². The largest absolute Gasteiger partial charge is 0.493 e. The number of aliphatic hydroxyl groups is 1. The molecule has 1 aromatic rings. The van der Waals surface area contributed by atoms with Gasteiger partial charge in [-0.3, -0.25) is 0 Å². The molecule has 164 valence electrons. The third-order valence-corrected chi connectivity index (χ3v) is 6.35. The van der Waals surface area contributed by atoms with E-state index in [9.17, 15) is 5.11 Å². The summed E-state index contributed by atoms with van der Waals surface area (Å²) in [5.74, 6) is 2.41. The molecule has 1 atom stereocenters. The molecule has 2 fully saturated rings. The molecule has 1 saturated heterocycles. The Balaban J connectivity index is 1.40. The van der Waals surface area contributed by atoms with Crippen LogP contribution in [-0.4, -0.2) is 56.0 Å². The molecule has 5 heteroatoms. The van der Waals surface area contributed by atoms with Crippen LogP contribution < -0.4 is 14.8 Å². The molecule has 0 radical (unpaired) electrons. The lowest BCUT2D eigenvalue weighted by Gasteiger charge is -2.28. The average molecular weight is 405 g/mol. The summed E-state index contributed by atoms with van der Waals surface area (Å²) < 4.78 is 11.4. The van der Waals surface area contributed by atoms with Crippen molar-refractivity contribution < 1.29 is 14.6 Å². The molecular weight excluding hydrogens is 364 g/mol. The van der Waals surface area contributed by atoms with Crippen LogP contribution in [0.2, 0.25) is 0 Å².